The zero-order valence-electron chi connectivity index (χ0n) is 8.89. The van der Waals surface area contributed by atoms with Crippen molar-refractivity contribution in [3.63, 3.8) is 0 Å². The van der Waals surface area contributed by atoms with Crippen LogP contribution in [0.2, 0.25) is 0 Å². The number of carbonyl (C=O) groups is 2. The summed E-state index contributed by atoms with van der Waals surface area (Å²) < 4.78 is 0.684. The molecule has 1 aliphatic carbocycles. The van der Waals surface area contributed by atoms with Gasteiger partial charge in [0.25, 0.3) is 5.91 Å². The second-order valence-corrected chi connectivity index (χ2v) is 4.93. The molecule has 0 aromatic carbocycles. The lowest BCUT2D eigenvalue weighted by Gasteiger charge is -2.13. The number of pyridine rings is 1. The van der Waals surface area contributed by atoms with Gasteiger partial charge in [-0.3, -0.25) is 9.78 Å². The molecule has 0 spiro atoms. The van der Waals surface area contributed by atoms with Crippen LogP contribution in [0.5, 0.6) is 0 Å². The Morgan fingerprint density at radius 2 is 2.18 bits per heavy atom. The van der Waals surface area contributed by atoms with Crippen molar-refractivity contribution in [2.75, 3.05) is 0 Å². The van der Waals surface area contributed by atoms with Crippen LogP contribution >= 0.6 is 15.9 Å². The van der Waals surface area contributed by atoms with Gasteiger partial charge >= 0.3 is 5.97 Å². The standard InChI is InChI=1S/C11H11BrN2O3/c12-8-3-7(4-13-5-8)10(15)14-9(11(16)17)6-1-2-6/h3-6,9H,1-2H2,(H,14,15)(H,16,17). The first-order valence-electron chi connectivity index (χ1n) is 5.22. The van der Waals surface area contributed by atoms with Crippen LogP contribution in [0.25, 0.3) is 0 Å². The quantitative estimate of drug-likeness (QED) is 0.881. The third-order valence-corrected chi connectivity index (χ3v) is 3.05. The molecular formula is C11H11BrN2O3. The fourth-order valence-corrected chi connectivity index (χ4v) is 1.94. The van der Waals surface area contributed by atoms with Crippen LogP contribution in [0.3, 0.4) is 0 Å². The van der Waals surface area contributed by atoms with E-state index in [1.807, 2.05) is 0 Å². The molecule has 1 unspecified atom stereocenters. The summed E-state index contributed by atoms with van der Waals surface area (Å²) in [7, 11) is 0. The van der Waals surface area contributed by atoms with Gasteiger partial charge < -0.3 is 10.4 Å². The highest BCUT2D eigenvalue weighted by atomic mass is 79.9. The van der Waals surface area contributed by atoms with Gasteiger partial charge in [0.1, 0.15) is 6.04 Å². The van der Waals surface area contributed by atoms with Crippen LogP contribution < -0.4 is 5.32 Å². The fourth-order valence-electron chi connectivity index (χ4n) is 1.57. The molecule has 90 valence electrons. The highest BCUT2D eigenvalue weighted by Gasteiger charge is 2.37. The normalized spacial score (nSPS) is 16.3. The monoisotopic (exact) mass is 298 g/mol. The van der Waals surface area contributed by atoms with Gasteiger partial charge in [-0.15, -0.1) is 0 Å². The van der Waals surface area contributed by atoms with E-state index in [4.69, 9.17) is 5.11 Å². The molecule has 1 fully saturated rings. The molecule has 0 radical (unpaired) electrons. The molecule has 5 nitrogen and oxygen atoms in total. The summed E-state index contributed by atoms with van der Waals surface area (Å²) in [6.07, 6.45) is 4.68. The van der Waals surface area contributed by atoms with Gasteiger partial charge in [-0.25, -0.2) is 4.79 Å². The van der Waals surface area contributed by atoms with Crippen molar-refractivity contribution < 1.29 is 14.7 Å². The zero-order valence-corrected chi connectivity index (χ0v) is 10.5. The van der Waals surface area contributed by atoms with Gasteiger partial charge in [0.05, 0.1) is 5.56 Å². The highest BCUT2D eigenvalue weighted by Crippen LogP contribution is 2.32. The molecule has 1 heterocycles. The number of halogens is 1. The van der Waals surface area contributed by atoms with Crippen LogP contribution in [-0.4, -0.2) is 28.0 Å². The van der Waals surface area contributed by atoms with Gasteiger partial charge in [-0.05, 0) is 40.8 Å². The summed E-state index contributed by atoms with van der Waals surface area (Å²) in [6, 6.07) is 0.815. The lowest BCUT2D eigenvalue weighted by atomic mass is 10.1. The van der Waals surface area contributed by atoms with E-state index in [1.165, 1.54) is 6.20 Å². The number of nitrogens with zero attached hydrogens (tertiary/aromatic N) is 1. The average Bonchev–Trinajstić information content (AvgIpc) is 3.09. The Kier molecular flexibility index (Phi) is 3.42. The van der Waals surface area contributed by atoms with Crippen LogP contribution in [0, 0.1) is 5.92 Å². The Balaban J connectivity index is 2.07. The molecule has 1 atom stereocenters. The molecule has 1 saturated carbocycles. The van der Waals surface area contributed by atoms with E-state index in [-0.39, 0.29) is 5.92 Å². The summed E-state index contributed by atoms with van der Waals surface area (Å²) >= 11 is 3.21. The minimum atomic E-state index is -0.983. The second kappa shape index (κ2) is 4.83. The summed E-state index contributed by atoms with van der Waals surface area (Å²) in [4.78, 5) is 26.6. The topological polar surface area (TPSA) is 79.3 Å². The number of amides is 1. The molecule has 2 rings (SSSR count). The van der Waals surface area contributed by atoms with Crippen molar-refractivity contribution in [2.45, 2.75) is 18.9 Å². The summed E-state index contributed by atoms with van der Waals surface area (Å²) in [5.74, 6) is -1.32. The highest BCUT2D eigenvalue weighted by molar-refractivity contribution is 9.10. The van der Waals surface area contributed by atoms with Crippen molar-refractivity contribution in [3.05, 3.63) is 28.5 Å². The summed E-state index contributed by atoms with van der Waals surface area (Å²) in [5, 5.41) is 11.5. The van der Waals surface area contributed by atoms with Crippen molar-refractivity contribution in [1.29, 1.82) is 0 Å². The van der Waals surface area contributed by atoms with E-state index >= 15 is 0 Å². The number of carboxylic acids is 1. The minimum Gasteiger partial charge on any atom is -0.480 e. The lowest BCUT2D eigenvalue weighted by Crippen LogP contribution is -2.42. The van der Waals surface area contributed by atoms with Crippen LogP contribution in [0.1, 0.15) is 23.2 Å². The van der Waals surface area contributed by atoms with Crippen LogP contribution in [0.4, 0.5) is 0 Å². The number of hydrogen-bond donors (Lipinski definition) is 2. The van der Waals surface area contributed by atoms with Gasteiger partial charge in [0.15, 0.2) is 0 Å². The first-order valence-corrected chi connectivity index (χ1v) is 6.01. The minimum absolute atomic E-state index is 0.0663. The van der Waals surface area contributed by atoms with Crippen LogP contribution in [-0.2, 0) is 4.79 Å². The van der Waals surface area contributed by atoms with Crippen molar-refractivity contribution >= 4 is 27.8 Å². The molecule has 1 aromatic heterocycles. The van der Waals surface area contributed by atoms with Crippen molar-refractivity contribution in [1.82, 2.24) is 10.3 Å². The first kappa shape index (κ1) is 12.0. The van der Waals surface area contributed by atoms with Gasteiger partial charge in [0, 0.05) is 16.9 Å². The van der Waals surface area contributed by atoms with E-state index in [9.17, 15) is 9.59 Å². The van der Waals surface area contributed by atoms with Crippen LogP contribution in [0.15, 0.2) is 22.9 Å². The number of nitrogens with one attached hydrogen (secondary N) is 1. The van der Waals surface area contributed by atoms with Gasteiger partial charge in [-0.1, -0.05) is 0 Å². The van der Waals surface area contributed by atoms with Gasteiger partial charge in [-0.2, -0.15) is 0 Å². The Hall–Kier alpha value is -1.43. The van der Waals surface area contributed by atoms with Crippen molar-refractivity contribution in [3.8, 4) is 0 Å². The molecule has 0 aliphatic heterocycles. The van der Waals surface area contributed by atoms with Gasteiger partial charge in [0.2, 0.25) is 0 Å². The van der Waals surface area contributed by atoms with E-state index in [0.29, 0.717) is 10.0 Å². The number of aliphatic carboxylic acids is 1. The Labute approximate surface area is 106 Å². The fraction of sp³-hybridized carbons (Fsp3) is 0.364. The number of carboxylic acid groups (broad SMARTS) is 1. The zero-order chi connectivity index (χ0) is 12.4. The molecule has 2 N–H and O–H groups in total. The van der Waals surface area contributed by atoms with E-state index in [0.717, 1.165) is 12.8 Å². The maximum absolute atomic E-state index is 11.8. The predicted octanol–water partition coefficient (Wildman–Crippen LogP) is 1.44. The molecule has 1 amide bonds. The van der Waals surface area contributed by atoms with E-state index in [2.05, 4.69) is 26.2 Å². The predicted molar refractivity (Wildman–Crippen MR) is 63.6 cm³/mol. The number of hydrogen-bond acceptors (Lipinski definition) is 3. The number of carbonyl (C=O) groups excluding carboxylic acids is 1. The molecule has 17 heavy (non-hydrogen) atoms. The molecule has 1 aliphatic rings. The van der Waals surface area contributed by atoms with E-state index < -0.39 is 17.9 Å². The Morgan fingerprint density at radius 3 is 2.71 bits per heavy atom. The molecule has 0 saturated heterocycles. The maximum Gasteiger partial charge on any atom is 0.326 e. The molecule has 0 bridgehead atoms. The van der Waals surface area contributed by atoms with Crippen molar-refractivity contribution in [2.24, 2.45) is 5.92 Å². The summed E-state index contributed by atoms with van der Waals surface area (Å²) in [5.41, 5.74) is 0.353. The van der Waals surface area contributed by atoms with E-state index in [1.54, 1.807) is 12.3 Å². The lowest BCUT2D eigenvalue weighted by molar-refractivity contribution is -0.139. The number of rotatable bonds is 4. The summed E-state index contributed by atoms with van der Waals surface area (Å²) in [6.45, 7) is 0. The number of aromatic nitrogens is 1. The average molecular weight is 299 g/mol. The Bertz CT molecular complexity index is 460. The first-order chi connectivity index (χ1) is 8.08. The third kappa shape index (κ3) is 3.03. The second-order valence-electron chi connectivity index (χ2n) is 4.02. The SMILES string of the molecule is O=C(NC(C(=O)O)C1CC1)c1cncc(Br)c1. The maximum atomic E-state index is 11.8. The smallest absolute Gasteiger partial charge is 0.326 e. The molecular weight excluding hydrogens is 288 g/mol. The third-order valence-electron chi connectivity index (χ3n) is 2.61. The molecule has 6 heteroatoms. The Morgan fingerprint density at radius 1 is 1.47 bits per heavy atom. The largest absolute Gasteiger partial charge is 0.480 e. The molecule has 1 aromatic rings.